The molecule has 1 heterocycles. The summed E-state index contributed by atoms with van der Waals surface area (Å²) in [5, 5.41) is 12.9. The lowest BCUT2D eigenvalue weighted by atomic mass is 10.1. The molecule has 2 rings (SSSR count). The van der Waals surface area contributed by atoms with E-state index in [1.807, 2.05) is 6.92 Å². The molecule has 0 amide bonds. The molecule has 0 radical (unpaired) electrons. The Morgan fingerprint density at radius 3 is 2.79 bits per heavy atom. The summed E-state index contributed by atoms with van der Waals surface area (Å²) in [6, 6.07) is 6.46. The zero-order valence-electron chi connectivity index (χ0n) is 10.4. The summed E-state index contributed by atoms with van der Waals surface area (Å²) in [6.45, 7) is 1.95. The van der Waals surface area contributed by atoms with E-state index in [0.717, 1.165) is 18.2 Å². The number of aliphatic hydroxyl groups excluding tert-OH is 1. The predicted octanol–water partition coefficient (Wildman–Crippen LogP) is 2.94. The van der Waals surface area contributed by atoms with Gasteiger partial charge < -0.3 is 14.8 Å². The number of benzene rings is 1. The van der Waals surface area contributed by atoms with Crippen LogP contribution in [0.2, 0.25) is 0 Å². The maximum Gasteiger partial charge on any atom is 0.129 e. The molecule has 2 atom stereocenters. The molecule has 0 aliphatic heterocycles. The van der Waals surface area contributed by atoms with Crippen LogP contribution in [0.25, 0.3) is 0 Å². The van der Waals surface area contributed by atoms with Crippen LogP contribution in [0.1, 0.15) is 30.4 Å². The van der Waals surface area contributed by atoms with Crippen LogP contribution >= 0.6 is 0 Å². The maximum absolute atomic E-state index is 13.4. The molecule has 0 saturated carbocycles. The molecule has 102 valence electrons. The van der Waals surface area contributed by atoms with Crippen LogP contribution in [-0.4, -0.2) is 11.7 Å². The Morgan fingerprint density at radius 2 is 2.11 bits per heavy atom. The Bertz CT molecular complexity index is 528. The van der Waals surface area contributed by atoms with E-state index in [1.54, 1.807) is 18.4 Å². The van der Waals surface area contributed by atoms with Gasteiger partial charge in [-0.1, -0.05) is 0 Å². The summed E-state index contributed by atoms with van der Waals surface area (Å²) in [7, 11) is 0. The number of hydrogen-bond donors (Lipinski definition) is 2. The Labute approximate surface area is 109 Å². The van der Waals surface area contributed by atoms with E-state index in [4.69, 9.17) is 4.42 Å². The Morgan fingerprint density at radius 1 is 1.32 bits per heavy atom. The molecule has 0 saturated heterocycles. The van der Waals surface area contributed by atoms with Crippen molar-refractivity contribution in [1.82, 2.24) is 5.32 Å². The van der Waals surface area contributed by atoms with Crippen molar-refractivity contribution in [3.8, 4) is 0 Å². The molecule has 0 bridgehead atoms. The first-order valence-electron chi connectivity index (χ1n) is 5.97. The highest BCUT2D eigenvalue weighted by molar-refractivity contribution is 5.21. The lowest BCUT2D eigenvalue weighted by Crippen LogP contribution is -2.25. The van der Waals surface area contributed by atoms with Crippen LogP contribution in [-0.2, 0) is 0 Å². The van der Waals surface area contributed by atoms with Crippen molar-refractivity contribution in [2.24, 2.45) is 0 Å². The molecular weight excluding hydrogens is 252 g/mol. The topological polar surface area (TPSA) is 45.4 Å². The van der Waals surface area contributed by atoms with Crippen molar-refractivity contribution < 1.29 is 18.3 Å². The molecule has 0 spiro atoms. The van der Waals surface area contributed by atoms with E-state index >= 15 is 0 Å². The zero-order valence-corrected chi connectivity index (χ0v) is 10.4. The minimum atomic E-state index is -1.12. The predicted molar refractivity (Wildman–Crippen MR) is 66.4 cm³/mol. The number of furan rings is 1. The van der Waals surface area contributed by atoms with Gasteiger partial charge in [-0.2, -0.15) is 0 Å². The normalized spacial score (nSPS) is 14.3. The molecule has 1 aromatic heterocycles. The van der Waals surface area contributed by atoms with Gasteiger partial charge in [0.05, 0.1) is 18.4 Å². The second kappa shape index (κ2) is 5.95. The fourth-order valence-electron chi connectivity index (χ4n) is 1.81. The van der Waals surface area contributed by atoms with E-state index < -0.39 is 17.7 Å². The highest BCUT2D eigenvalue weighted by Gasteiger charge is 2.16. The van der Waals surface area contributed by atoms with Crippen molar-refractivity contribution in [2.45, 2.75) is 19.1 Å². The molecule has 19 heavy (non-hydrogen) atoms. The Kier molecular flexibility index (Phi) is 4.29. The van der Waals surface area contributed by atoms with Gasteiger partial charge in [0.15, 0.2) is 0 Å². The molecule has 0 fully saturated rings. The van der Waals surface area contributed by atoms with Gasteiger partial charge in [0, 0.05) is 12.1 Å². The Balaban J connectivity index is 1.97. The zero-order chi connectivity index (χ0) is 13.8. The standard InChI is InChI=1S/C14H15F2NO2/c1-9(14-3-2-6-19-14)17-8-13(18)11-7-10(15)4-5-12(11)16/h2-7,9,13,17-18H,8H2,1H3/t9-,13?/m1/s1. The van der Waals surface area contributed by atoms with Gasteiger partial charge in [0.25, 0.3) is 0 Å². The van der Waals surface area contributed by atoms with Gasteiger partial charge in [-0.25, -0.2) is 8.78 Å². The first kappa shape index (κ1) is 13.7. The van der Waals surface area contributed by atoms with Gasteiger partial charge >= 0.3 is 0 Å². The summed E-state index contributed by atoms with van der Waals surface area (Å²) < 4.78 is 31.7. The van der Waals surface area contributed by atoms with E-state index in [-0.39, 0.29) is 18.2 Å². The number of halogens is 2. The minimum absolute atomic E-state index is 0.0563. The van der Waals surface area contributed by atoms with Crippen LogP contribution in [0.15, 0.2) is 41.0 Å². The van der Waals surface area contributed by atoms with Crippen molar-refractivity contribution >= 4 is 0 Å². The summed E-state index contributed by atoms with van der Waals surface area (Å²) >= 11 is 0. The van der Waals surface area contributed by atoms with E-state index in [9.17, 15) is 13.9 Å². The first-order valence-corrected chi connectivity index (χ1v) is 5.97. The lowest BCUT2D eigenvalue weighted by Gasteiger charge is -2.16. The van der Waals surface area contributed by atoms with Crippen LogP contribution in [0.3, 0.4) is 0 Å². The average Bonchev–Trinajstić information content (AvgIpc) is 2.92. The molecular formula is C14H15F2NO2. The maximum atomic E-state index is 13.4. The summed E-state index contributed by atoms with van der Waals surface area (Å²) in [4.78, 5) is 0. The SMILES string of the molecule is C[C@@H](NCC(O)c1cc(F)ccc1F)c1ccco1. The van der Waals surface area contributed by atoms with Crippen molar-refractivity contribution in [3.05, 3.63) is 59.6 Å². The average molecular weight is 267 g/mol. The van der Waals surface area contributed by atoms with Crippen LogP contribution in [0.5, 0.6) is 0 Å². The second-order valence-corrected chi connectivity index (χ2v) is 4.33. The molecule has 0 aliphatic rings. The number of aliphatic hydroxyl groups is 1. The number of rotatable bonds is 5. The van der Waals surface area contributed by atoms with E-state index in [1.165, 1.54) is 0 Å². The first-order chi connectivity index (χ1) is 9.08. The van der Waals surface area contributed by atoms with Gasteiger partial charge in [-0.3, -0.25) is 0 Å². The van der Waals surface area contributed by atoms with Crippen LogP contribution in [0, 0.1) is 11.6 Å². The van der Waals surface area contributed by atoms with Gasteiger partial charge in [0.2, 0.25) is 0 Å². The highest BCUT2D eigenvalue weighted by Crippen LogP contribution is 2.19. The van der Waals surface area contributed by atoms with Crippen molar-refractivity contribution in [2.75, 3.05) is 6.54 Å². The summed E-state index contributed by atoms with van der Waals surface area (Å²) in [5.41, 5.74) is -0.0563. The van der Waals surface area contributed by atoms with Gasteiger partial charge in [-0.05, 0) is 37.3 Å². The summed E-state index contributed by atoms with van der Waals surface area (Å²) in [6.07, 6.45) is 0.434. The van der Waals surface area contributed by atoms with Crippen molar-refractivity contribution in [1.29, 1.82) is 0 Å². The fourth-order valence-corrected chi connectivity index (χ4v) is 1.81. The third kappa shape index (κ3) is 3.39. The lowest BCUT2D eigenvalue weighted by molar-refractivity contribution is 0.164. The molecule has 3 nitrogen and oxygen atoms in total. The number of hydrogen-bond acceptors (Lipinski definition) is 3. The molecule has 2 N–H and O–H groups in total. The van der Waals surface area contributed by atoms with Gasteiger partial charge in [-0.15, -0.1) is 0 Å². The third-order valence-electron chi connectivity index (χ3n) is 2.90. The molecule has 0 aliphatic carbocycles. The quantitative estimate of drug-likeness (QED) is 0.875. The molecule has 1 aromatic carbocycles. The summed E-state index contributed by atoms with van der Waals surface area (Å²) in [5.74, 6) is -0.484. The fraction of sp³-hybridized carbons (Fsp3) is 0.286. The van der Waals surface area contributed by atoms with E-state index in [0.29, 0.717) is 5.76 Å². The van der Waals surface area contributed by atoms with Crippen LogP contribution < -0.4 is 5.32 Å². The third-order valence-corrected chi connectivity index (χ3v) is 2.90. The smallest absolute Gasteiger partial charge is 0.129 e. The number of nitrogens with one attached hydrogen (secondary N) is 1. The van der Waals surface area contributed by atoms with E-state index in [2.05, 4.69) is 5.32 Å². The molecule has 1 unspecified atom stereocenters. The minimum Gasteiger partial charge on any atom is -0.468 e. The molecule has 2 aromatic rings. The molecule has 5 heteroatoms. The second-order valence-electron chi connectivity index (χ2n) is 4.33. The van der Waals surface area contributed by atoms with Crippen molar-refractivity contribution in [3.63, 3.8) is 0 Å². The van der Waals surface area contributed by atoms with Crippen LogP contribution in [0.4, 0.5) is 8.78 Å². The highest BCUT2D eigenvalue weighted by atomic mass is 19.1. The Hall–Kier alpha value is -1.72. The monoisotopic (exact) mass is 267 g/mol. The largest absolute Gasteiger partial charge is 0.468 e. The van der Waals surface area contributed by atoms with Gasteiger partial charge in [0.1, 0.15) is 17.4 Å².